The minimum absolute atomic E-state index is 0.588. The molecule has 0 aliphatic carbocycles. The number of aromatic amines is 1. The summed E-state index contributed by atoms with van der Waals surface area (Å²) in [5.74, 6) is 3.14. The van der Waals surface area contributed by atoms with E-state index < -0.39 is 0 Å². The van der Waals surface area contributed by atoms with E-state index in [9.17, 15) is 0 Å². The van der Waals surface area contributed by atoms with Gasteiger partial charge in [-0.3, -0.25) is 0 Å². The molecule has 2 aromatic heterocycles. The van der Waals surface area contributed by atoms with Crippen molar-refractivity contribution in [3.63, 3.8) is 0 Å². The number of hydrogen-bond acceptors (Lipinski definition) is 6. The molecule has 3 N–H and O–H groups in total. The first-order valence-corrected chi connectivity index (χ1v) is 7.81. The van der Waals surface area contributed by atoms with E-state index in [0.29, 0.717) is 17.5 Å². The maximum absolute atomic E-state index is 4.48. The van der Waals surface area contributed by atoms with Gasteiger partial charge < -0.3 is 15.6 Å². The molecule has 0 radical (unpaired) electrons. The Morgan fingerprint density at radius 2 is 2.21 bits per heavy atom. The number of thioether (sulfide) groups is 1. The summed E-state index contributed by atoms with van der Waals surface area (Å²) >= 11 is 1.86. The zero-order valence-electron chi connectivity index (χ0n) is 11.5. The van der Waals surface area contributed by atoms with Gasteiger partial charge >= 0.3 is 0 Å². The molecule has 7 heteroatoms. The van der Waals surface area contributed by atoms with Crippen LogP contribution in [-0.2, 0) is 0 Å². The summed E-state index contributed by atoms with van der Waals surface area (Å²) in [4.78, 5) is 16.1. The lowest BCUT2D eigenvalue weighted by Crippen LogP contribution is -2.15. The van der Waals surface area contributed by atoms with Crippen LogP contribution in [0.1, 0.15) is 13.8 Å². The van der Waals surface area contributed by atoms with Crippen molar-refractivity contribution >= 4 is 34.7 Å². The first-order valence-electron chi connectivity index (χ1n) is 6.42. The first-order chi connectivity index (χ1) is 9.24. The third-order valence-corrected chi connectivity index (χ3v) is 3.59. The standard InChI is InChI=1S/C12H20N6S/c1-4-13-12-17-10(14-5-8(2)6-19-3)9-11(18-12)16-7-15-9/h7-8H,4-6H2,1-3H3,(H3,13,14,15,16,17,18). The molecule has 19 heavy (non-hydrogen) atoms. The smallest absolute Gasteiger partial charge is 0.226 e. The van der Waals surface area contributed by atoms with Crippen LogP contribution in [0.3, 0.4) is 0 Å². The molecule has 6 nitrogen and oxygen atoms in total. The zero-order chi connectivity index (χ0) is 13.7. The Morgan fingerprint density at radius 1 is 1.37 bits per heavy atom. The Balaban J connectivity index is 2.17. The number of anilines is 2. The number of aromatic nitrogens is 4. The van der Waals surface area contributed by atoms with Gasteiger partial charge in [0, 0.05) is 13.1 Å². The van der Waals surface area contributed by atoms with Gasteiger partial charge in [0.05, 0.1) is 6.33 Å². The van der Waals surface area contributed by atoms with Crippen LogP contribution in [0.4, 0.5) is 11.8 Å². The molecule has 0 fully saturated rings. The zero-order valence-corrected chi connectivity index (χ0v) is 12.3. The van der Waals surface area contributed by atoms with Crippen molar-refractivity contribution in [1.29, 1.82) is 0 Å². The number of H-pyrrole nitrogens is 1. The molecule has 0 aliphatic heterocycles. The van der Waals surface area contributed by atoms with E-state index in [1.165, 1.54) is 0 Å². The molecule has 0 bridgehead atoms. The Hall–Kier alpha value is -1.50. The van der Waals surface area contributed by atoms with Crippen LogP contribution in [0.2, 0.25) is 0 Å². The third kappa shape index (κ3) is 3.50. The van der Waals surface area contributed by atoms with E-state index in [1.54, 1.807) is 6.33 Å². The topological polar surface area (TPSA) is 78.5 Å². The molecule has 1 atom stereocenters. The van der Waals surface area contributed by atoms with Crippen molar-refractivity contribution in [3.8, 4) is 0 Å². The molecule has 1 unspecified atom stereocenters. The lowest BCUT2D eigenvalue weighted by molar-refractivity contribution is 0.700. The first kappa shape index (κ1) is 13.9. The lowest BCUT2D eigenvalue weighted by atomic mass is 10.2. The van der Waals surface area contributed by atoms with Crippen molar-refractivity contribution in [1.82, 2.24) is 19.9 Å². The van der Waals surface area contributed by atoms with E-state index in [0.717, 1.165) is 30.2 Å². The monoisotopic (exact) mass is 280 g/mol. The van der Waals surface area contributed by atoms with E-state index in [-0.39, 0.29) is 0 Å². The van der Waals surface area contributed by atoms with E-state index in [2.05, 4.69) is 43.7 Å². The number of nitrogens with one attached hydrogen (secondary N) is 3. The summed E-state index contributed by atoms with van der Waals surface area (Å²) in [5.41, 5.74) is 1.55. The highest BCUT2D eigenvalue weighted by molar-refractivity contribution is 7.98. The van der Waals surface area contributed by atoms with Crippen molar-refractivity contribution in [2.24, 2.45) is 5.92 Å². The Morgan fingerprint density at radius 3 is 2.95 bits per heavy atom. The molecule has 104 valence electrons. The van der Waals surface area contributed by atoms with Crippen molar-refractivity contribution in [3.05, 3.63) is 6.33 Å². The third-order valence-electron chi connectivity index (χ3n) is 2.69. The van der Waals surface area contributed by atoms with Gasteiger partial charge in [0.2, 0.25) is 5.95 Å². The van der Waals surface area contributed by atoms with Gasteiger partial charge in [0.1, 0.15) is 5.52 Å². The number of nitrogens with zero attached hydrogens (tertiary/aromatic N) is 3. The van der Waals surface area contributed by atoms with Crippen LogP contribution in [-0.4, -0.2) is 45.0 Å². The number of rotatable bonds is 7. The molecule has 0 saturated carbocycles. The highest BCUT2D eigenvalue weighted by Gasteiger charge is 2.10. The molecule has 2 heterocycles. The van der Waals surface area contributed by atoms with Gasteiger partial charge in [0.15, 0.2) is 11.5 Å². The SMILES string of the molecule is CCNc1nc(NCC(C)CSC)c2[nH]cnc2n1. The summed E-state index contributed by atoms with van der Waals surface area (Å²) in [7, 11) is 0. The molecule has 2 rings (SSSR count). The van der Waals surface area contributed by atoms with E-state index in [4.69, 9.17) is 0 Å². The number of imidazole rings is 1. The number of fused-ring (bicyclic) bond motifs is 1. The van der Waals surface area contributed by atoms with Gasteiger partial charge in [-0.25, -0.2) is 4.98 Å². The van der Waals surface area contributed by atoms with Crippen LogP contribution in [0.25, 0.3) is 11.2 Å². The molecule has 0 aliphatic rings. The molecular weight excluding hydrogens is 260 g/mol. The molecule has 0 amide bonds. The fourth-order valence-electron chi connectivity index (χ4n) is 1.81. The van der Waals surface area contributed by atoms with Gasteiger partial charge in [-0.05, 0) is 24.9 Å². The Labute approximate surface area is 117 Å². The Bertz CT molecular complexity index is 526. The largest absolute Gasteiger partial charge is 0.368 e. The molecular formula is C12H20N6S. The highest BCUT2D eigenvalue weighted by Crippen LogP contribution is 2.19. The summed E-state index contributed by atoms with van der Waals surface area (Å²) in [6, 6.07) is 0. The average Bonchev–Trinajstić information content (AvgIpc) is 2.85. The van der Waals surface area contributed by atoms with E-state index in [1.807, 2.05) is 18.7 Å². The van der Waals surface area contributed by atoms with Crippen LogP contribution in [0.15, 0.2) is 6.33 Å². The maximum atomic E-state index is 4.48. The van der Waals surface area contributed by atoms with Gasteiger partial charge in [-0.1, -0.05) is 6.92 Å². The minimum Gasteiger partial charge on any atom is -0.368 e. The van der Waals surface area contributed by atoms with E-state index >= 15 is 0 Å². The van der Waals surface area contributed by atoms with Crippen LogP contribution >= 0.6 is 11.8 Å². The van der Waals surface area contributed by atoms with Crippen LogP contribution in [0.5, 0.6) is 0 Å². The molecule has 0 saturated heterocycles. The fourth-order valence-corrected chi connectivity index (χ4v) is 2.50. The highest BCUT2D eigenvalue weighted by atomic mass is 32.2. The quantitative estimate of drug-likeness (QED) is 0.721. The normalized spacial score (nSPS) is 12.6. The van der Waals surface area contributed by atoms with Crippen LogP contribution in [0, 0.1) is 5.92 Å². The van der Waals surface area contributed by atoms with Crippen LogP contribution < -0.4 is 10.6 Å². The lowest BCUT2D eigenvalue weighted by Gasteiger charge is -2.12. The second kappa shape index (κ2) is 6.60. The van der Waals surface area contributed by atoms with Gasteiger partial charge in [0.25, 0.3) is 0 Å². The van der Waals surface area contributed by atoms with Crippen molar-refractivity contribution in [2.75, 3.05) is 35.7 Å². The predicted molar refractivity (Wildman–Crippen MR) is 81.9 cm³/mol. The second-order valence-electron chi connectivity index (χ2n) is 4.47. The number of hydrogen-bond donors (Lipinski definition) is 3. The summed E-state index contributed by atoms with van der Waals surface area (Å²) in [5, 5.41) is 6.50. The minimum atomic E-state index is 0.588. The van der Waals surface area contributed by atoms with Crippen molar-refractivity contribution in [2.45, 2.75) is 13.8 Å². The Kier molecular flexibility index (Phi) is 4.84. The van der Waals surface area contributed by atoms with Gasteiger partial charge in [-0.2, -0.15) is 21.7 Å². The maximum Gasteiger partial charge on any atom is 0.226 e. The average molecular weight is 280 g/mol. The fraction of sp³-hybridized carbons (Fsp3) is 0.583. The predicted octanol–water partition coefficient (Wildman–Crippen LogP) is 2.20. The molecule has 0 aromatic carbocycles. The summed E-state index contributed by atoms with van der Waals surface area (Å²) in [6.07, 6.45) is 3.77. The van der Waals surface area contributed by atoms with Gasteiger partial charge in [-0.15, -0.1) is 0 Å². The van der Waals surface area contributed by atoms with Crippen molar-refractivity contribution < 1.29 is 0 Å². The summed E-state index contributed by atoms with van der Waals surface area (Å²) < 4.78 is 0. The molecule has 0 spiro atoms. The molecule has 2 aromatic rings. The second-order valence-corrected chi connectivity index (χ2v) is 5.38. The summed E-state index contributed by atoms with van der Waals surface area (Å²) in [6.45, 7) is 5.92.